The number of hydrogen-bond acceptors (Lipinski definition) is 1. The van der Waals surface area contributed by atoms with Crippen molar-refractivity contribution >= 4 is 0 Å². The van der Waals surface area contributed by atoms with Crippen LogP contribution in [0.4, 0.5) is 0 Å². The standard InChI is InChI=1S/C14H31N/c1-6-9-13(4)14(8-3,10-7-2)11-12-15-5/h13,15H,6-12H2,1-5H3. The highest BCUT2D eigenvalue weighted by molar-refractivity contribution is 4.83. The van der Waals surface area contributed by atoms with Crippen LogP contribution < -0.4 is 5.32 Å². The van der Waals surface area contributed by atoms with Gasteiger partial charge in [-0.2, -0.15) is 0 Å². The fourth-order valence-corrected chi connectivity index (χ4v) is 2.93. The topological polar surface area (TPSA) is 12.0 Å². The van der Waals surface area contributed by atoms with Gasteiger partial charge in [-0.1, -0.05) is 53.4 Å². The van der Waals surface area contributed by atoms with Crippen molar-refractivity contribution in [1.29, 1.82) is 0 Å². The second kappa shape index (κ2) is 8.15. The molecule has 1 heteroatoms. The first-order valence-corrected chi connectivity index (χ1v) is 6.81. The third-order valence-corrected chi connectivity index (χ3v) is 4.09. The van der Waals surface area contributed by atoms with Crippen LogP contribution in [0.3, 0.4) is 0 Å². The van der Waals surface area contributed by atoms with Crippen LogP contribution in [0.5, 0.6) is 0 Å². The molecule has 0 rings (SSSR count). The van der Waals surface area contributed by atoms with Gasteiger partial charge in [-0.05, 0) is 37.8 Å². The summed E-state index contributed by atoms with van der Waals surface area (Å²) >= 11 is 0. The molecular weight excluding hydrogens is 182 g/mol. The lowest BCUT2D eigenvalue weighted by Crippen LogP contribution is -2.31. The zero-order valence-corrected chi connectivity index (χ0v) is 11.5. The lowest BCUT2D eigenvalue weighted by atomic mass is 9.67. The van der Waals surface area contributed by atoms with Crippen LogP contribution >= 0.6 is 0 Å². The van der Waals surface area contributed by atoms with Gasteiger partial charge in [-0.25, -0.2) is 0 Å². The highest BCUT2D eigenvalue weighted by Gasteiger charge is 2.32. The maximum atomic E-state index is 3.31. The van der Waals surface area contributed by atoms with Gasteiger partial charge in [-0.3, -0.25) is 0 Å². The minimum absolute atomic E-state index is 0.591. The lowest BCUT2D eigenvalue weighted by Gasteiger charge is -2.39. The number of rotatable bonds is 9. The van der Waals surface area contributed by atoms with Crippen LogP contribution in [0.15, 0.2) is 0 Å². The van der Waals surface area contributed by atoms with Gasteiger partial charge in [0.05, 0.1) is 0 Å². The summed E-state index contributed by atoms with van der Waals surface area (Å²) in [5.74, 6) is 0.876. The normalized spacial score (nSPS) is 17.4. The summed E-state index contributed by atoms with van der Waals surface area (Å²) in [6, 6.07) is 0. The maximum absolute atomic E-state index is 3.31. The summed E-state index contributed by atoms with van der Waals surface area (Å²) in [6.45, 7) is 10.6. The molecule has 2 unspecified atom stereocenters. The van der Waals surface area contributed by atoms with Gasteiger partial charge in [0.1, 0.15) is 0 Å². The molecule has 2 atom stereocenters. The molecule has 15 heavy (non-hydrogen) atoms. The van der Waals surface area contributed by atoms with Crippen LogP contribution in [-0.2, 0) is 0 Å². The van der Waals surface area contributed by atoms with Gasteiger partial charge in [0, 0.05) is 0 Å². The van der Waals surface area contributed by atoms with E-state index in [0.29, 0.717) is 5.41 Å². The van der Waals surface area contributed by atoms with Crippen molar-refractivity contribution in [3.63, 3.8) is 0 Å². The predicted molar refractivity (Wildman–Crippen MR) is 70.2 cm³/mol. The summed E-state index contributed by atoms with van der Waals surface area (Å²) in [6.07, 6.45) is 8.11. The minimum atomic E-state index is 0.591. The molecule has 0 fully saturated rings. The number of nitrogens with one attached hydrogen (secondary N) is 1. The first kappa shape index (κ1) is 15.0. The first-order chi connectivity index (χ1) is 7.16. The van der Waals surface area contributed by atoms with E-state index in [9.17, 15) is 0 Å². The van der Waals surface area contributed by atoms with E-state index in [-0.39, 0.29) is 0 Å². The third kappa shape index (κ3) is 4.55. The lowest BCUT2D eigenvalue weighted by molar-refractivity contribution is 0.123. The van der Waals surface area contributed by atoms with Crippen molar-refractivity contribution in [1.82, 2.24) is 5.32 Å². The van der Waals surface area contributed by atoms with Crippen molar-refractivity contribution in [3.05, 3.63) is 0 Å². The van der Waals surface area contributed by atoms with Crippen molar-refractivity contribution in [3.8, 4) is 0 Å². The second-order valence-corrected chi connectivity index (χ2v) is 5.01. The van der Waals surface area contributed by atoms with Crippen LogP contribution in [0, 0.1) is 11.3 Å². The van der Waals surface area contributed by atoms with Gasteiger partial charge in [0.2, 0.25) is 0 Å². The largest absolute Gasteiger partial charge is 0.320 e. The Labute approximate surface area is 97.0 Å². The summed E-state index contributed by atoms with van der Waals surface area (Å²) in [4.78, 5) is 0. The minimum Gasteiger partial charge on any atom is -0.320 e. The Bertz CT molecular complexity index is 144. The molecule has 0 bridgehead atoms. The Hall–Kier alpha value is -0.0400. The molecule has 1 nitrogen and oxygen atoms in total. The molecular formula is C14H31N. The predicted octanol–water partition coefficient (Wildman–Crippen LogP) is 4.23. The highest BCUT2D eigenvalue weighted by Crippen LogP contribution is 2.41. The third-order valence-electron chi connectivity index (χ3n) is 4.09. The summed E-state index contributed by atoms with van der Waals surface area (Å²) in [7, 11) is 2.07. The van der Waals surface area contributed by atoms with Gasteiger partial charge in [0.15, 0.2) is 0 Å². The zero-order chi connectivity index (χ0) is 11.7. The number of hydrogen-bond donors (Lipinski definition) is 1. The van der Waals surface area contributed by atoms with E-state index < -0.39 is 0 Å². The van der Waals surface area contributed by atoms with E-state index in [0.717, 1.165) is 5.92 Å². The molecule has 0 aliphatic rings. The zero-order valence-electron chi connectivity index (χ0n) is 11.5. The Balaban J connectivity index is 4.46. The van der Waals surface area contributed by atoms with Crippen LogP contribution in [0.1, 0.15) is 66.2 Å². The molecule has 0 heterocycles. The van der Waals surface area contributed by atoms with Crippen molar-refractivity contribution in [2.45, 2.75) is 66.2 Å². The fourth-order valence-electron chi connectivity index (χ4n) is 2.93. The SMILES string of the molecule is CCCC(C)C(CC)(CCC)CCNC. The van der Waals surface area contributed by atoms with E-state index in [4.69, 9.17) is 0 Å². The quantitative estimate of drug-likeness (QED) is 0.604. The monoisotopic (exact) mass is 213 g/mol. The average molecular weight is 213 g/mol. The van der Waals surface area contributed by atoms with E-state index in [1.165, 1.54) is 45.1 Å². The molecule has 0 saturated carbocycles. The molecule has 0 aromatic rings. The fraction of sp³-hybridized carbons (Fsp3) is 1.00. The average Bonchev–Trinajstić information content (AvgIpc) is 2.24. The molecule has 0 aromatic carbocycles. The Morgan fingerprint density at radius 1 is 1.07 bits per heavy atom. The van der Waals surface area contributed by atoms with Crippen LogP contribution in [0.25, 0.3) is 0 Å². The highest BCUT2D eigenvalue weighted by atomic mass is 14.8. The van der Waals surface area contributed by atoms with Crippen LogP contribution in [0.2, 0.25) is 0 Å². The Kier molecular flexibility index (Phi) is 8.13. The van der Waals surface area contributed by atoms with Crippen molar-refractivity contribution < 1.29 is 0 Å². The van der Waals surface area contributed by atoms with Gasteiger partial charge in [-0.15, -0.1) is 0 Å². The van der Waals surface area contributed by atoms with E-state index in [1.807, 2.05) is 0 Å². The molecule has 0 saturated heterocycles. The first-order valence-electron chi connectivity index (χ1n) is 6.81. The van der Waals surface area contributed by atoms with Gasteiger partial charge in [0.25, 0.3) is 0 Å². The molecule has 0 amide bonds. The Morgan fingerprint density at radius 3 is 2.13 bits per heavy atom. The molecule has 0 aromatic heterocycles. The molecule has 0 aliphatic carbocycles. The van der Waals surface area contributed by atoms with Crippen molar-refractivity contribution in [2.24, 2.45) is 11.3 Å². The second-order valence-electron chi connectivity index (χ2n) is 5.01. The van der Waals surface area contributed by atoms with Gasteiger partial charge >= 0.3 is 0 Å². The summed E-state index contributed by atoms with van der Waals surface area (Å²) in [5.41, 5.74) is 0.591. The van der Waals surface area contributed by atoms with Gasteiger partial charge < -0.3 is 5.32 Å². The summed E-state index contributed by atoms with van der Waals surface area (Å²) in [5, 5.41) is 3.31. The Morgan fingerprint density at radius 2 is 1.73 bits per heavy atom. The molecule has 1 N–H and O–H groups in total. The molecule has 0 spiro atoms. The van der Waals surface area contributed by atoms with Crippen molar-refractivity contribution in [2.75, 3.05) is 13.6 Å². The van der Waals surface area contributed by atoms with Crippen LogP contribution in [-0.4, -0.2) is 13.6 Å². The maximum Gasteiger partial charge on any atom is -0.00465 e. The smallest absolute Gasteiger partial charge is 0.00465 e. The molecule has 0 radical (unpaired) electrons. The van der Waals surface area contributed by atoms with E-state index in [1.54, 1.807) is 0 Å². The molecule has 0 aliphatic heterocycles. The summed E-state index contributed by atoms with van der Waals surface area (Å²) < 4.78 is 0. The van der Waals surface area contributed by atoms with E-state index >= 15 is 0 Å². The van der Waals surface area contributed by atoms with E-state index in [2.05, 4.69) is 40.1 Å². The molecule has 92 valence electrons.